The maximum atomic E-state index is 13.2. The second-order valence-electron chi connectivity index (χ2n) is 3.89. The number of ether oxygens (including phenoxy) is 1. The normalized spacial score (nSPS) is 25.9. The van der Waals surface area contributed by atoms with Crippen molar-refractivity contribution < 1.29 is 17.9 Å². The summed E-state index contributed by atoms with van der Waals surface area (Å²) in [5, 5.41) is 2.92. The van der Waals surface area contributed by atoms with Gasteiger partial charge in [-0.05, 0) is 17.7 Å². The number of alkyl halides is 3. The van der Waals surface area contributed by atoms with Crippen LogP contribution in [0.3, 0.4) is 0 Å². The van der Waals surface area contributed by atoms with Gasteiger partial charge < -0.3 is 4.74 Å². The second kappa shape index (κ2) is 4.48. The maximum absolute atomic E-state index is 13.2. The molecule has 1 atom stereocenters. The molecule has 0 saturated carbocycles. The molecule has 94 valence electrons. The molecule has 1 saturated heterocycles. The van der Waals surface area contributed by atoms with Gasteiger partial charge >= 0.3 is 6.18 Å². The van der Waals surface area contributed by atoms with Crippen LogP contribution in [0.5, 0.6) is 0 Å². The second-order valence-corrected chi connectivity index (χ2v) is 4.33. The third kappa shape index (κ3) is 2.27. The molecule has 0 aromatic heterocycles. The van der Waals surface area contributed by atoms with Crippen molar-refractivity contribution in [3.63, 3.8) is 0 Å². The summed E-state index contributed by atoms with van der Waals surface area (Å²) in [5.41, 5.74) is -2.01. The third-order valence-corrected chi connectivity index (χ3v) is 3.06. The summed E-state index contributed by atoms with van der Waals surface area (Å²) in [7, 11) is 0. The zero-order valence-corrected chi connectivity index (χ0v) is 9.61. The molecule has 1 aromatic rings. The molecule has 1 N–H and O–H groups in total. The van der Waals surface area contributed by atoms with E-state index in [0.717, 1.165) is 0 Å². The Balaban J connectivity index is 2.43. The highest BCUT2D eigenvalue weighted by atomic mass is 35.5. The van der Waals surface area contributed by atoms with Gasteiger partial charge in [0.15, 0.2) is 5.54 Å². The molecule has 0 amide bonds. The lowest BCUT2D eigenvalue weighted by atomic mass is 9.89. The van der Waals surface area contributed by atoms with E-state index in [1.807, 2.05) is 0 Å². The molecule has 0 bridgehead atoms. The van der Waals surface area contributed by atoms with Gasteiger partial charge in [-0.1, -0.05) is 23.7 Å². The number of nitrogens with one attached hydrogen (secondary N) is 1. The Morgan fingerprint density at radius 2 is 1.88 bits per heavy atom. The first-order chi connectivity index (χ1) is 7.96. The maximum Gasteiger partial charge on any atom is 0.413 e. The largest absolute Gasteiger partial charge is 0.413 e. The summed E-state index contributed by atoms with van der Waals surface area (Å²) < 4.78 is 44.6. The van der Waals surface area contributed by atoms with E-state index >= 15 is 0 Å². The van der Waals surface area contributed by atoms with Crippen LogP contribution in [0.4, 0.5) is 13.2 Å². The first-order valence-electron chi connectivity index (χ1n) is 5.11. The lowest BCUT2D eigenvalue weighted by Crippen LogP contribution is -2.60. The smallest absolute Gasteiger partial charge is 0.377 e. The van der Waals surface area contributed by atoms with Gasteiger partial charge in [0.1, 0.15) is 0 Å². The van der Waals surface area contributed by atoms with Crippen molar-refractivity contribution in [3.8, 4) is 0 Å². The van der Waals surface area contributed by atoms with Crippen LogP contribution < -0.4 is 5.32 Å². The monoisotopic (exact) mass is 265 g/mol. The Morgan fingerprint density at radius 1 is 1.24 bits per heavy atom. The lowest BCUT2D eigenvalue weighted by molar-refractivity contribution is -0.226. The van der Waals surface area contributed by atoms with Crippen LogP contribution in [-0.2, 0) is 10.3 Å². The van der Waals surface area contributed by atoms with E-state index in [4.69, 9.17) is 16.3 Å². The Kier molecular flexibility index (Phi) is 3.34. The van der Waals surface area contributed by atoms with E-state index in [1.54, 1.807) is 0 Å². The highest BCUT2D eigenvalue weighted by molar-refractivity contribution is 6.30. The van der Waals surface area contributed by atoms with Crippen molar-refractivity contribution >= 4 is 11.6 Å². The van der Waals surface area contributed by atoms with Crippen LogP contribution in [-0.4, -0.2) is 25.9 Å². The van der Waals surface area contributed by atoms with Gasteiger partial charge in [-0.15, -0.1) is 0 Å². The Labute approximate surface area is 102 Å². The van der Waals surface area contributed by atoms with Crippen LogP contribution in [0, 0.1) is 0 Å². The number of hydrogen-bond acceptors (Lipinski definition) is 2. The van der Waals surface area contributed by atoms with E-state index in [2.05, 4.69) is 5.32 Å². The van der Waals surface area contributed by atoms with Crippen LogP contribution in [0.25, 0.3) is 0 Å². The molecule has 0 spiro atoms. The predicted molar refractivity (Wildman–Crippen MR) is 58.0 cm³/mol. The molecular formula is C11H11ClF3NO. The molecular weight excluding hydrogens is 255 g/mol. The van der Waals surface area contributed by atoms with Crippen LogP contribution in [0.15, 0.2) is 24.3 Å². The molecule has 0 aliphatic carbocycles. The summed E-state index contributed by atoms with van der Waals surface area (Å²) in [4.78, 5) is 0. The number of rotatable bonds is 1. The number of hydrogen-bond donors (Lipinski definition) is 1. The van der Waals surface area contributed by atoms with Crippen LogP contribution in [0.1, 0.15) is 5.56 Å². The molecule has 0 radical (unpaired) electrons. The third-order valence-electron chi connectivity index (χ3n) is 2.81. The van der Waals surface area contributed by atoms with E-state index in [0.29, 0.717) is 5.02 Å². The minimum Gasteiger partial charge on any atom is -0.377 e. The molecule has 17 heavy (non-hydrogen) atoms. The van der Waals surface area contributed by atoms with Crippen molar-refractivity contribution in [2.24, 2.45) is 0 Å². The van der Waals surface area contributed by atoms with E-state index in [9.17, 15) is 13.2 Å². The van der Waals surface area contributed by atoms with Gasteiger partial charge in [0.2, 0.25) is 0 Å². The van der Waals surface area contributed by atoms with Gasteiger partial charge in [0, 0.05) is 11.6 Å². The zero-order chi connectivity index (χ0) is 12.5. The Bertz CT molecular complexity index is 385. The fraction of sp³-hybridized carbons (Fsp3) is 0.455. The minimum atomic E-state index is -4.42. The van der Waals surface area contributed by atoms with E-state index in [1.165, 1.54) is 24.3 Å². The quantitative estimate of drug-likeness (QED) is 0.843. The molecule has 1 aliphatic rings. The zero-order valence-electron chi connectivity index (χ0n) is 8.85. The molecule has 6 heteroatoms. The fourth-order valence-electron chi connectivity index (χ4n) is 1.88. The summed E-state index contributed by atoms with van der Waals surface area (Å²) in [6, 6.07) is 5.64. The van der Waals surface area contributed by atoms with Crippen molar-refractivity contribution in [2.75, 3.05) is 19.8 Å². The molecule has 1 aromatic carbocycles. The first kappa shape index (κ1) is 12.7. The highest BCUT2D eigenvalue weighted by Crippen LogP contribution is 2.40. The fourth-order valence-corrected chi connectivity index (χ4v) is 2.00. The Morgan fingerprint density at radius 3 is 2.35 bits per heavy atom. The molecule has 1 heterocycles. The van der Waals surface area contributed by atoms with Crippen molar-refractivity contribution in [3.05, 3.63) is 34.9 Å². The molecule has 2 rings (SSSR count). The highest BCUT2D eigenvalue weighted by Gasteiger charge is 2.57. The summed E-state index contributed by atoms with van der Waals surface area (Å²) in [6.45, 7) is 0.0334. The topological polar surface area (TPSA) is 21.3 Å². The molecule has 0 unspecified atom stereocenters. The number of benzene rings is 1. The SMILES string of the molecule is FC(F)(F)[C@]1(c2ccc(Cl)cc2)COCCN1. The first-order valence-corrected chi connectivity index (χ1v) is 5.49. The van der Waals surface area contributed by atoms with Gasteiger partial charge in [0.25, 0.3) is 0 Å². The molecule has 1 fully saturated rings. The number of halogens is 4. The van der Waals surface area contributed by atoms with Crippen molar-refractivity contribution in [2.45, 2.75) is 11.7 Å². The van der Waals surface area contributed by atoms with Gasteiger partial charge in [-0.3, -0.25) is 5.32 Å². The average Bonchev–Trinajstić information content (AvgIpc) is 2.29. The lowest BCUT2D eigenvalue weighted by Gasteiger charge is -2.39. The van der Waals surface area contributed by atoms with Crippen LogP contribution >= 0.6 is 11.6 Å². The van der Waals surface area contributed by atoms with Gasteiger partial charge in [-0.2, -0.15) is 13.2 Å². The standard InChI is InChI=1S/C11H11ClF3NO/c12-9-3-1-8(2-4-9)10(11(13,14)15)7-17-6-5-16-10/h1-4,16H,5-7H2/t10-/m1/s1. The summed E-state index contributed by atoms with van der Waals surface area (Å²) in [5.74, 6) is 0. The van der Waals surface area contributed by atoms with Crippen LogP contribution in [0.2, 0.25) is 5.02 Å². The van der Waals surface area contributed by atoms with E-state index in [-0.39, 0.29) is 18.7 Å². The number of morpholine rings is 1. The predicted octanol–water partition coefficient (Wildman–Crippen LogP) is 2.72. The van der Waals surface area contributed by atoms with Crippen molar-refractivity contribution in [1.82, 2.24) is 5.32 Å². The van der Waals surface area contributed by atoms with Crippen molar-refractivity contribution in [1.29, 1.82) is 0 Å². The Hall–Kier alpha value is -0.780. The summed E-state index contributed by atoms with van der Waals surface area (Å²) >= 11 is 5.68. The summed E-state index contributed by atoms with van der Waals surface area (Å²) in [6.07, 6.45) is -4.42. The van der Waals surface area contributed by atoms with Gasteiger partial charge in [0.05, 0.1) is 13.2 Å². The van der Waals surface area contributed by atoms with Gasteiger partial charge in [-0.25, -0.2) is 0 Å². The minimum absolute atomic E-state index is 0.120. The molecule has 1 aliphatic heterocycles. The average molecular weight is 266 g/mol. The molecule has 2 nitrogen and oxygen atoms in total. The van der Waals surface area contributed by atoms with E-state index < -0.39 is 18.3 Å².